The summed E-state index contributed by atoms with van der Waals surface area (Å²) in [5, 5.41) is 0.599. The quantitative estimate of drug-likeness (QED) is 0.839. The monoisotopic (exact) mass is 338 g/mol. The van der Waals surface area contributed by atoms with Gasteiger partial charge in [-0.3, -0.25) is 4.90 Å². The van der Waals surface area contributed by atoms with Crippen LogP contribution in [-0.4, -0.2) is 55.2 Å². The molecule has 2 bridgehead atoms. The molecule has 0 saturated carbocycles. The van der Waals surface area contributed by atoms with Gasteiger partial charge in [-0.15, -0.1) is 0 Å². The fourth-order valence-corrected chi connectivity index (χ4v) is 5.17. The average molecular weight is 339 g/mol. The minimum Gasteiger partial charge on any atom is -0.370 e. The molecule has 23 heavy (non-hydrogen) atoms. The van der Waals surface area contributed by atoms with Crippen molar-refractivity contribution < 1.29 is 9.13 Å². The number of nitrogens with zero attached hydrogens (tertiary/aromatic N) is 2. The summed E-state index contributed by atoms with van der Waals surface area (Å²) >= 11 is 6.02. The Bertz CT molecular complexity index is 611. The average Bonchev–Trinajstić information content (AvgIpc) is 3.12. The maximum Gasteiger partial charge on any atom is 0.127 e. The van der Waals surface area contributed by atoms with Gasteiger partial charge in [-0.1, -0.05) is 11.6 Å². The Hall–Kier alpha value is -0.680. The second kappa shape index (κ2) is 5.69. The molecule has 3 heterocycles. The van der Waals surface area contributed by atoms with E-state index in [1.807, 2.05) is 0 Å². The molecule has 3 aliphatic rings. The molecular weight excluding hydrogens is 315 g/mol. The van der Waals surface area contributed by atoms with Crippen molar-refractivity contribution in [3.63, 3.8) is 0 Å². The highest BCUT2D eigenvalue weighted by atomic mass is 35.5. The van der Waals surface area contributed by atoms with Crippen LogP contribution in [0.25, 0.3) is 0 Å². The molecule has 0 aromatic heterocycles. The Morgan fingerprint density at radius 2 is 2.26 bits per heavy atom. The number of ether oxygens (including phenoxy) is 1. The maximum atomic E-state index is 14.0. The van der Waals surface area contributed by atoms with Gasteiger partial charge in [0.15, 0.2) is 0 Å². The van der Waals surface area contributed by atoms with Gasteiger partial charge in [-0.05, 0) is 45.1 Å². The van der Waals surface area contributed by atoms with Gasteiger partial charge in [-0.2, -0.15) is 0 Å². The van der Waals surface area contributed by atoms with Crippen LogP contribution in [-0.2, 0) is 11.3 Å². The first-order valence-corrected chi connectivity index (χ1v) is 8.83. The lowest BCUT2D eigenvalue weighted by Gasteiger charge is -2.31. The summed E-state index contributed by atoms with van der Waals surface area (Å²) in [6, 6.07) is 4.82. The third kappa shape index (κ3) is 2.70. The van der Waals surface area contributed by atoms with Crippen LogP contribution in [0.5, 0.6) is 0 Å². The number of hydrogen-bond donors (Lipinski definition) is 0. The number of halogens is 2. The van der Waals surface area contributed by atoms with Gasteiger partial charge in [0, 0.05) is 48.6 Å². The van der Waals surface area contributed by atoms with Gasteiger partial charge in [0.1, 0.15) is 5.82 Å². The van der Waals surface area contributed by atoms with E-state index in [1.165, 1.54) is 12.5 Å². The molecule has 4 rings (SSSR count). The minimum absolute atomic E-state index is 0.0143. The third-order valence-electron chi connectivity index (χ3n) is 5.83. The smallest absolute Gasteiger partial charge is 0.127 e. The lowest BCUT2D eigenvalue weighted by atomic mass is 9.73. The normalized spacial score (nSPS) is 36.1. The lowest BCUT2D eigenvalue weighted by Crippen LogP contribution is -2.40. The maximum absolute atomic E-state index is 14.0. The zero-order valence-corrected chi connectivity index (χ0v) is 14.5. The van der Waals surface area contributed by atoms with E-state index in [9.17, 15) is 4.39 Å². The minimum atomic E-state index is -0.168. The summed E-state index contributed by atoms with van der Waals surface area (Å²) in [5.74, 6) is 1.01. The Morgan fingerprint density at radius 3 is 3.04 bits per heavy atom. The van der Waals surface area contributed by atoms with Crippen LogP contribution in [0, 0.1) is 17.7 Å². The molecular formula is C18H24ClFN2O. The second-order valence-electron chi connectivity index (χ2n) is 7.70. The van der Waals surface area contributed by atoms with E-state index in [1.54, 1.807) is 12.1 Å². The van der Waals surface area contributed by atoms with E-state index in [-0.39, 0.29) is 11.4 Å². The summed E-state index contributed by atoms with van der Waals surface area (Å²) < 4.78 is 20.5. The summed E-state index contributed by atoms with van der Waals surface area (Å²) in [6.07, 6.45) is 2.75. The Kier molecular flexibility index (Phi) is 3.92. The van der Waals surface area contributed by atoms with Gasteiger partial charge in [-0.25, -0.2) is 4.39 Å². The molecule has 5 heteroatoms. The zero-order valence-electron chi connectivity index (χ0n) is 13.8. The van der Waals surface area contributed by atoms with E-state index >= 15 is 0 Å². The molecule has 0 radical (unpaired) electrons. The van der Waals surface area contributed by atoms with Crippen LogP contribution in [0.1, 0.15) is 18.4 Å². The molecule has 3 nitrogen and oxygen atoms in total. The van der Waals surface area contributed by atoms with Gasteiger partial charge >= 0.3 is 0 Å². The first-order valence-electron chi connectivity index (χ1n) is 8.46. The molecule has 4 atom stereocenters. The van der Waals surface area contributed by atoms with Crippen molar-refractivity contribution in [2.45, 2.75) is 31.1 Å². The topological polar surface area (TPSA) is 15.7 Å². The molecule has 0 aliphatic carbocycles. The van der Waals surface area contributed by atoms with Crippen molar-refractivity contribution in [2.75, 3.05) is 33.7 Å². The standard InChI is InChI=1S/C18H24ClFN2O/c1-21(2)9-14-15-10-22(11-18(15)6-5-17(14)23-18)8-12-7-13(19)3-4-16(12)20/h3-4,7,14-15,17H,5-6,8-11H2,1-2H3/t14-,15+,17+,18+/m0/s1. The van der Waals surface area contributed by atoms with Gasteiger partial charge in [0.25, 0.3) is 0 Å². The van der Waals surface area contributed by atoms with Crippen LogP contribution >= 0.6 is 11.6 Å². The lowest BCUT2D eigenvalue weighted by molar-refractivity contribution is 0.00137. The van der Waals surface area contributed by atoms with Crippen LogP contribution in [0.15, 0.2) is 18.2 Å². The first-order chi connectivity index (χ1) is 11.0. The Balaban J connectivity index is 1.51. The highest BCUT2D eigenvalue weighted by molar-refractivity contribution is 6.30. The number of hydrogen-bond acceptors (Lipinski definition) is 3. The predicted molar refractivity (Wildman–Crippen MR) is 89.1 cm³/mol. The summed E-state index contributed by atoms with van der Waals surface area (Å²) in [6.45, 7) is 3.62. The summed E-state index contributed by atoms with van der Waals surface area (Å²) in [5.41, 5.74) is 0.702. The van der Waals surface area contributed by atoms with Crippen molar-refractivity contribution in [3.8, 4) is 0 Å². The van der Waals surface area contributed by atoms with E-state index < -0.39 is 0 Å². The highest BCUT2D eigenvalue weighted by Gasteiger charge is 2.62. The number of fused-ring (bicyclic) bond motifs is 1. The molecule has 0 unspecified atom stereocenters. The molecule has 126 valence electrons. The molecule has 3 saturated heterocycles. The number of likely N-dealkylation sites (tertiary alicyclic amines) is 1. The van der Waals surface area contributed by atoms with Crippen LogP contribution in [0.3, 0.4) is 0 Å². The van der Waals surface area contributed by atoms with E-state index in [4.69, 9.17) is 16.3 Å². The molecule has 1 spiro atoms. The van der Waals surface area contributed by atoms with Crippen LogP contribution in [0.2, 0.25) is 5.02 Å². The van der Waals surface area contributed by atoms with Crippen LogP contribution in [0.4, 0.5) is 4.39 Å². The van der Waals surface area contributed by atoms with Gasteiger partial charge in [0.2, 0.25) is 0 Å². The SMILES string of the molecule is CN(C)C[C@H]1[C@H]2CN(Cc3cc(Cl)ccc3F)C[C@]23CC[C@H]1O3. The van der Waals surface area contributed by atoms with Gasteiger partial charge < -0.3 is 9.64 Å². The molecule has 3 fully saturated rings. The predicted octanol–water partition coefficient (Wildman–Crippen LogP) is 3.02. The van der Waals surface area contributed by atoms with E-state index in [0.717, 1.165) is 26.1 Å². The zero-order chi connectivity index (χ0) is 16.2. The Labute approximate surface area is 142 Å². The first kappa shape index (κ1) is 15.8. The molecule has 1 aromatic rings. The third-order valence-corrected chi connectivity index (χ3v) is 6.07. The highest BCUT2D eigenvalue weighted by Crippen LogP contribution is 2.55. The fourth-order valence-electron chi connectivity index (χ4n) is 4.98. The fraction of sp³-hybridized carbons (Fsp3) is 0.667. The van der Waals surface area contributed by atoms with E-state index in [2.05, 4.69) is 23.9 Å². The van der Waals surface area contributed by atoms with Crippen molar-refractivity contribution in [2.24, 2.45) is 11.8 Å². The summed E-state index contributed by atoms with van der Waals surface area (Å²) in [7, 11) is 4.26. The van der Waals surface area contributed by atoms with Gasteiger partial charge in [0.05, 0.1) is 11.7 Å². The Morgan fingerprint density at radius 1 is 1.43 bits per heavy atom. The van der Waals surface area contributed by atoms with Crippen LogP contribution < -0.4 is 0 Å². The molecule has 1 aromatic carbocycles. The number of rotatable bonds is 4. The number of benzene rings is 1. The van der Waals surface area contributed by atoms with Crippen molar-refractivity contribution in [1.29, 1.82) is 0 Å². The van der Waals surface area contributed by atoms with Crippen molar-refractivity contribution >= 4 is 11.6 Å². The molecule has 0 N–H and O–H groups in total. The molecule has 0 amide bonds. The largest absolute Gasteiger partial charge is 0.370 e. The van der Waals surface area contributed by atoms with Crippen molar-refractivity contribution in [1.82, 2.24) is 9.80 Å². The van der Waals surface area contributed by atoms with E-state index in [0.29, 0.717) is 35.1 Å². The summed E-state index contributed by atoms with van der Waals surface area (Å²) in [4.78, 5) is 4.62. The van der Waals surface area contributed by atoms with Crippen molar-refractivity contribution in [3.05, 3.63) is 34.6 Å². The second-order valence-corrected chi connectivity index (χ2v) is 8.13. The molecule has 3 aliphatic heterocycles.